The van der Waals surface area contributed by atoms with Gasteiger partial charge in [-0.3, -0.25) is 4.68 Å². The average Bonchev–Trinajstić information content (AvgIpc) is 2.73. The largest absolute Gasteiger partial charge is 0.267 e. The lowest BCUT2D eigenvalue weighted by Crippen LogP contribution is -1.99. The van der Waals surface area contributed by atoms with Crippen molar-refractivity contribution in [3.05, 3.63) is 63.7 Å². The molecule has 0 N–H and O–H groups in total. The Morgan fingerprint density at radius 3 is 2.78 bits per heavy atom. The molecule has 0 aliphatic heterocycles. The number of rotatable bonds is 2. The Bertz CT molecular complexity index is 706. The van der Waals surface area contributed by atoms with Gasteiger partial charge >= 0.3 is 0 Å². The van der Waals surface area contributed by atoms with Gasteiger partial charge < -0.3 is 0 Å². The van der Waals surface area contributed by atoms with E-state index in [2.05, 4.69) is 21.0 Å². The first-order valence-electron chi connectivity index (χ1n) is 5.58. The Kier molecular flexibility index (Phi) is 3.10. The van der Waals surface area contributed by atoms with Crippen molar-refractivity contribution < 1.29 is 0 Å². The average molecular weight is 322 g/mol. The van der Waals surface area contributed by atoms with Crippen LogP contribution in [0.15, 0.2) is 53.1 Å². The SMILES string of the molecule is Clc1cccc(Cn2cc3c(Br)cccc3n2)c1. The first kappa shape index (κ1) is 11.8. The summed E-state index contributed by atoms with van der Waals surface area (Å²) >= 11 is 9.51. The predicted molar refractivity (Wildman–Crippen MR) is 78.0 cm³/mol. The monoisotopic (exact) mass is 320 g/mol. The summed E-state index contributed by atoms with van der Waals surface area (Å²) in [6.07, 6.45) is 2.04. The molecule has 0 unspecified atom stereocenters. The zero-order valence-corrected chi connectivity index (χ0v) is 11.8. The van der Waals surface area contributed by atoms with Crippen LogP contribution in [0.2, 0.25) is 5.02 Å². The van der Waals surface area contributed by atoms with Crippen molar-refractivity contribution >= 4 is 38.4 Å². The first-order valence-corrected chi connectivity index (χ1v) is 6.75. The topological polar surface area (TPSA) is 17.8 Å². The second-order valence-electron chi connectivity index (χ2n) is 4.13. The van der Waals surface area contributed by atoms with Gasteiger partial charge in [0.25, 0.3) is 0 Å². The molecule has 0 saturated heterocycles. The highest BCUT2D eigenvalue weighted by Gasteiger charge is 2.04. The minimum absolute atomic E-state index is 0.724. The summed E-state index contributed by atoms with van der Waals surface area (Å²) in [6, 6.07) is 13.9. The molecule has 0 radical (unpaired) electrons. The van der Waals surface area contributed by atoms with E-state index >= 15 is 0 Å². The van der Waals surface area contributed by atoms with E-state index in [0.29, 0.717) is 0 Å². The van der Waals surface area contributed by atoms with Crippen LogP contribution < -0.4 is 0 Å². The number of nitrogens with zero attached hydrogens (tertiary/aromatic N) is 2. The number of halogens is 2. The van der Waals surface area contributed by atoms with Crippen molar-refractivity contribution in [1.29, 1.82) is 0 Å². The molecule has 1 aromatic heterocycles. The van der Waals surface area contributed by atoms with E-state index in [1.54, 1.807) is 0 Å². The molecular formula is C14H10BrClN2. The quantitative estimate of drug-likeness (QED) is 0.679. The van der Waals surface area contributed by atoms with Crippen LogP contribution in [0, 0.1) is 0 Å². The van der Waals surface area contributed by atoms with Gasteiger partial charge in [-0.1, -0.05) is 45.7 Å². The lowest BCUT2D eigenvalue weighted by Gasteiger charge is -2.01. The zero-order valence-electron chi connectivity index (χ0n) is 9.48. The molecule has 2 aromatic carbocycles. The summed E-state index contributed by atoms with van der Waals surface area (Å²) in [7, 11) is 0. The van der Waals surface area contributed by atoms with Gasteiger partial charge in [-0.25, -0.2) is 0 Å². The van der Waals surface area contributed by atoms with E-state index in [0.717, 1.165) is 32.5 Å². The standard InChI is InChI=1S/C14H10BrClN2/c15-13-5-2-6-14-12(13)9-18(17-14)8-10-3-1-4-11(16)7-10/h1-7,9H,8H2. The van der Waals surface area contributed by atoms with E-state index in [9.17, 15) is 0 Å². The molecule has 0 spiro atoms. The van der Waals surface area contributed by atoms with E-state index < -0.39 is 0 Å². The van der Waals surface area contributed by atoms with Crippen LogP contribution in [-0.4, -0.2) is 9.78 Å². The fraction of sp³-hybridized carbons (Fsp3) is 0.0714. The minimum Gasteiger partial charge on any atom is -0.267 e. The Labute approximate surface area is 118 Å². The molecule has 0 fully saturated rings. The summed E-state index contributed by atoms with van der Waals surface area (Å²) < 4.78 is 3.00. The summed E-state index contributed by atoms with van der Waals surface area (Å²) in [4.78, 5) is 0. The number of benzene rings is 2. The van der Waals surface area contributed by atoms with Crippen LogP contribution in [0.3, 0.4) is 0 Å². The number of aromatic nitrogens is 2. The molecule has 0 aliphatic carbocycles. The summed E-state index contributed by atoms with van der Waals surface area (Å²) in [6.45, 7) is 0.724. The fourth-order valence-corrected chi connectivity index (χ4v) is 2.63. The van der Waals surface area contributed by atoms with Gasteiger partial charge in [0.05, 0.1) is 12.1 Å². The second kappa shape index (κ2) is 4.75. The van der Waals surface area contributed by atoms with Crippen LogP contribution in [0.25, 0.3) is 10.9 Å². The number of hydrogen-bond donors (Lipinski definition) is 0. The summed E-state index contributed by atoms with van der Waals surface area (Å²) in [5, 5.41) is 6.42. The summed E-state index contributed by atoms with van der Waals surface area (Å²) in [5.74, 6) is 0. The molecular weight excluding hydrogens is 312 g/mol. The van der Waals surface area contributed by atoms with E-state index in [1.807, 2.05) is 53.3 Å². The molecule has 0 saturated carbocycles. The maximum absolute atomic E-state index is 5.98. The molecule has 90 valence electrons. The van der Waals surface area contributed by atoms with Gasteiger partial charge in [-0.2, -0.15) is 5.10 Å². The van der Waals surface area contributed by atoms with E-state index in [-0.39, 0.29) is 0 Å². The van der Waals surface area contributed by atoms with Crippen molar-refractivity contribution in [3.8, 4) is 0 Å². The Balaban J connectivity index is 1.98. The second-order valence-corrected chi connectivity index (χ2v) is 5.42. The molecule has 4 heteroatoms. The Morgan fingerprint density at radius 1 is 1.17 bits per heavy atom. The maximum atomic E-state index is 5.98. The highest BCUT2D eigenvalue weighted by molar-refractivity contribution is 9.10. The predicted octanol–water partition coefficient (Wildman–Crippen LogP) is 4.50. The smallest absolute Gasteiger partial charge is 0.0934 e. The van der Waals surface area contributed by atoms with Gasteiger partial charge in [0.15, 0.2) is 0 Å². The fourth-order valence-electron chi connectivity index (χ4n) is 1.96. The van der Waals surface area contributed by atoms with Gasteiger partial charge in [-0.15, -0.1) is 0 Å². The lowest BCUT2D eigenvalue weighted by atomic mass is 10.2. The van der Waals surface area contributed by atoms with Crippen molar-refractivity contribution in [2.24, 2.45) is 0 Å². The zero-order chi connectivity index (χ0) is 12.5. The van der Waals surface area contributed by atoms with Crippen LogP contribution >= 0.6 is 27.5 Å². The highest BCUT2D eigenvalue weighted by Crippen LogP contribution is 2.23. The van der Waals surface area contributed by atoms with Crippen LogP contribution in [0.4, 0.5) is 0 Å². The molecule has 0 atom stereocenters. The Morgan fingerprint density at radius 2 is 2.00 bits per heavy atom. The highest BCUT2D eigenvalue weighted by atomic mass is 79.9. The van der Waals surface area contributed by atoms with Gasteiger partial charge in [0.1, 0.15) is 0 Å². The summed E-state index contributed by atoms with van der Waals surface area (Å²) in [5.41, 5.74) is 2.14. The Hall–Kier alpha value is -1.32. The van der Waals surface area contributed by atoms with Gasteiger partial charge in [-0.05, 0) is 29.8 Å². The molecule has 3 rings (SSSR count). The normalized spacial score (nSPS) is 11.0. The van der Waals surface area contributed by atoms with Crippen molar-refractivity contribution in [2.75, 3.05) is 0 Å². The van der Waals surface area contributed by atoms with Gasteiger partial charge in [0, 0.05) is 21.1 Å². The number of hydrogen-bond acceptors (Lipinski definition) is 1. The van der Waals surface area contributed by atoms with Crippen LogP contribution in [0.1, 0.15) is 5.56 Å². The first-order chi connectivity index (χ1) is 8.72. The third-order valence-corrected chi connectivity index (χ3v) is 3.70. The van der Waals surface area contributed by atoms with Gasteiger partial charge in [0.2, 0.25) is 0 Å². The van der Waals surface area contributed by atoms with Crippen LogP contribution in [0.5, 0.6) is 0 Å². The third-order valence-electron chi connectivity index (χ3n) is 2.78. The van der Waals surface area contributed by atoms with Crippen LogP contribution in [-0.2, 0) is 6.54 Å². The van der Waals surface area contributed by atoms with E-state index in [4.69, 9.17) is 11.6 Å². The minimum atomic E-state index is 0.724. The number of fused-ring (bicyclic) bond motifs is 1. The van der Waals surface area contributed by atoms with Crippen molar-refractivity contribution in [1.82, 2.24) is 9.78 Å². The third kappa shape index (κ3) is 2.28. The van der Waals surface area contributed by atoms with Crippen molar-refractivity contribution in [3.63, 3.8) is 0 Å². The molecule has 2 nitrogen and oxygen atoms in total. The molecule has 18 heavy (non-hydrogen) atoms. The molecule has 3 aromatic rings. The maximum Gasteiger partial charge on any atom is 0.0934 e. The van der Waals surface area contributed by atoms with Crippen molar-refractivity contribution in [2.45, 2.75) is 6.54 Å². The molecule has 0 bridgehead atoms. The molecule has 0 amide bonds. The molecule has 0 aliphatic rings. The lowest BCUT2D eigenvalue weighted by molar-refractivity contribution is 0.696. The molecule has 1 heterocycles. The van der Waals surface area contributed by atoms with E-state index in [1.165, 1.54) is 0 Å².